The van der Waals surface area contributed by atoms with Gasteiger partial charge in [0.25, 0.3) is 0 Å². The molecule has 0 atom stereocenters. The molecule has 2 aromatic rings. The molecular weight excluding hydrogens is 282 g/mol. The van der Waals surface area contributed by atoms with Gasteiger partial charge >= 0.3 is 0 Å². The molecular formula is C16H23N3OS. The van der Waals surface area contributed by atoms with E-state index in [1.807, 2.05) is 6.07 Å². The Hall–Kier alpha value is -1.46. The van der Waals surface area contributed by atoms with E-state index in [0.29, 0.717) is 6.61 Å². The first-order valence-electron chi connectivity index (χ1n) is 7.04. The van der Waals surface area contributed by atoms with E-state index in [9.17, 15) is 0 Å². The van der Waals surface area contributed by atoms with Crippen molar-refractivity contribution in [1.29, 1.82) is 0 Å². The van der Waals surface area contributed by atoms with E-state index in [2.05, 4.69) is 54.4 Å². The van der Waals surface area contributed by atoms with E-state index < -0.39 is 0 Å². The van der Waals surface area contributed by atoms with Crippen LogP contribution in [0.5, 0.6) is 0 Å². The highest BCUT2D eigenvalue weighted by Gasteiger charge is 2.19. The summed E-state index contributed by atoms with van der Waals surface area (Å²) in [5, 5.41) is 5.52. The van der Waals surface area contributed by atoms with Crippen LogP contribution in [0.2, 0.25) is 0 Å². The monoisotopic (exact) mass is 305 g/mol. The average molecular weight is 305 g/mol. The van der Waals surface area contributed by atoms with Crippen LogP contribution in [0.1, 0.15) is 42.7 Å². The van der Waals surface area contributed by atoms with Gasteiger partial charge in [-0.25, -0.2) is 9.97 Å². The Labute approximate surface area is 130 Å². The van der Waals surface area contributed by atoms with Crippen LogP contribution < -0.4 is 5.32 Å². The molecule has 0 saturated carbocycles. The standard InChI is InChI=1S/C16H23N3OS/c1-11-6-7-21-13(11)9-17-14-8-12(10-20-5)18-15(19-14)16(2,3)4/h6-8H,9-10H2,1-5H3,(H,17,18,19). The minimum atomic E-state index is -0.0843. The maximum absolute atomic E-state index is 5.20. The second-order valence-electron chi connectivity index (χ2n) is 6.13. The molecule has 0 aliphatic rings. The predicted molar refractivity (Wildman–Crippen MR) is 87.8 cm³/mol. The van der Waals surface area contributed by atoms with E-state index in [1.165, 1.54) is 10.4 Å². The topological polar surface area (TPSA) is 47.0 Å². The fourth-order valence-corrected chi connectivity index (χ4v) is 2.75. The summed E-state index contributed by atoms with van der Waals surface area (Å²) in [5.74, 6) is 1.69. The lowest BCUT2D eigenvalue weighted by Crippen LogP contribution is -2.18. The Morgan fingerprint density at radius 3 is 2.62 bits per heavy atom. The Morgan fingerprint density at radius 1 is 1.29 bits per heavy atom. The molecule has 0 unspecified atom stereocenters. The molecule has 0 bridgehead atoms. The zero-order valence-electron chi connectivity index (χ0n) is 13.4. The quantitative estimate of drug-likeness (QED) is 0.910. The second-order valence-corrected chi connectivity index (χ2v) is 7.13. The van der Waals surface area contributed by atoms with Gasteiger partial charge in [-0.15, -0.1) is 11.3 Å². The summed E-state index contributed by atoms with van der Waals surface area (Å²) in [6.07, 6.45) is 0. The minimum Gasteiger partial charge on any atom is -0.378 e. The molecule has 0 spiro atoms. The highest BCUT2D eigenvalue weighted by atomic mass is 32.1. The number of methoxy groups -OCH3 is 1. The molecule has 0 saturated heterocycles. The molecule has 114 valence electrons. The number of rotatable bonds is 5. The van der Waals surface area contributed by atoms with Crippen LogP contribution in [0.25, 0.3) is 0 Å². The van der Waals surface area contributed by atoms with Gasteiger partial charge in [-0.1, -0.05) is 20.8 Å². The van der Waals surface area contributed by atoms with E-state index in [4.69, 9.17) is 4.74 Å². The van der Waals surface area contributed by atoms with E-state index in [1.54, 1.807) is 18.4 Å². The Morgan fingerprint density at radius 2 is 2.05 bits per heavy atom. The maximum Gasteiger partial charge on any atom is 0.136 e. The lowest BCUT2D eigenvalue weighted by molar-refractivity contribution is 0.181. The number of nitrogens with one attached hydrogen (secondary N) is 1. The van der Waals surface area contributed by atoms with Crippen LogP contribution in [-0.2, 0) is 23.3 Å². The van der Waals surface area contributed by atoms with Crippen molar-refractivity contribution in [2.45, 2.75) is 46.3 Å². The van der Waals surface area contributed by atoms with Crippen molar-refractivity contribution in [2.75, 3.05) is 12.4 Å². The number of hydrogen-bond donors (Lipinski definition) is 1. The van der Waals surface area contributed by atoms with Crippen LogP contribution in [0.15, 0.2) is 17.5 Å². The number of thiophene rings is 1. The maximum atomic E-state index is 5.20. The first-order valence-corrected chi connectivity index (χ1v) is 7.92. The normalized spacial score (nSPS) is 11.7. The molecule has 21 heavy (non-hydrogen) atoms. The van der Waals surface area contributed by atoms with Gasteiger partial charge in [-0.05, 0) is 23.9 Å². The zero-order valence-corrected chi connectivity index (χ0v) is 14.2. The smallest absolute Gasteiger partial charge is 0.136 e. The van der Waals surface area contributed by atoms with Crippen molar-refractivity contribution in [3.63, 3.8) is 0 Å². The highest BCUT2D eigenvalue weighted by molar-refractivity contribution is 7.10. The Balaban J connectivity index is 2.21. The first kappa shape index (κ1) is 15.9. The van der Waals surface area contributed by atoms with Crippen LogP contribution in [0, 0.1) is 6.92 Å². The molecule has 5 heteroatoms. The SMILES string of the molecule is COCc1cc(NCc2sccc2C)nc(C(C)(C)C)n1. The van der Waals surface area contributed by atoms with Crippen molar-refractivity contribution in [1.82, 2.24) is 9.97 Å². The highest BCUT2D eigenvalue weighted by Crippen LogP contribution is 2.22. The Bertz CT molecular complexity index is 602. The van der Waals surface area contributed by atoms with Gasteiger partial charge in [0.05, 0.1) is 18.8 Å². The lowest BCUT2D eigenvalue weighted by Gasteiger charge is -2.19. The van der Waals surface area contributed by atoms with Gasteiger partial charge in [0.1, 0.15) is 11.6 Å². The molecule has 2 aromatic heterocycles. The number of aryl methyl sites for hydroxylation is 1. The number of ether oxygens (including phenoxy) is 1. The summed E-state index contributed by atoms with van der Waals surface area (Å²) in [4.78, 5) is 10.6. The van der Waals surface area contributed by atoms with Crippen molar-refractivity contribution < 1.29 is 4.74 Å². The van der Waals surface area contributed by atoms with E-state index in [0.717, 1.165) is 23.9 Å². The third-order valence-electron chi connectivity index (χ3n) is 3.14. The molecule has 0 aliphatic carbocycles. The van der Waals surface area contributed by atoms with Gasteiger partial charge in [0.2, 0.25) is 0 Å². The summed E-state index contributed by atoms with van der Waals surface area (Å²) >= 11 is 1.76. The minimum absolute atomic E-state index is 0.0843. The number of hydrogen-bond acceptors (Lipinski definition) is 5. The van der Waals surface area contributed by atoms with Crippen molar-refractivity contribution in [3.05, 3.63) is 39.5 Å². The average Bonchev–Trinajstić information content (AvgIpc) is 2.81. The molecule has 2 rings (SSSR count). The number of aromatic nitrogens is 2. The summed E-state index contributed by atoms with van der Waals surface area (Å²) in [5.41, 5.74) is 2.14. The second kappa shape index (κ2) is 6.54. The molecule has 1 N–H and O–H groups in total. The number of nitrogens with zero attached hydrogens (tertiary/aromatic N) is 2. The third kappa shape index (κ3) is 4.25. The molecule has 0 amide bonds. The summed E-state index contributed by atoms with van der Waals surface area (Å²) in [6.45, 7) is 9.77. The van der Waals surface area contributed by atoms with Crippen LogP contribution in [0.4, 0.5) is 5.82 Å². The van der Waals surface area contributed by atoms with Crippen LogP contribution >= 0.6 is 11.3 Å². The van der Waals surface area contributed by atoms with Crippen molar-refractivity contribution in [3.8, 4) is 0 Å². The third-order valence-corrected chi connectivity index (χ3v) is 4.16. The summed E-state index contributed by atoms with van der Waals surface area (Å²) in [6, 6.07) is 4.10. The Kier molecular flexibility index (Phi) is 4.96. The molecule has 4 nitrogen and oxygen atoms in total. The molecule has 0 fully saturated rings. The van der Waals surface area contributed by atoms with Crippen LogP contribution in [0.3, 0.4) is 0 Å². The van der Waals surface area contributed by atoms with Crippen LogP contribution in [-0.4, -0.2) is 17.1 Å². The summed E-state index contributed by atoms with van der Waals surface area (Å²) < 4.78 is 5.20. The van der Waals surface area contributed by atoms with Gasteiger partial charge in [0, 0.05) is 23.5 Å². The molecule has 0 radical (unpaired) electrons. The van der Waals surface area contributed by atoms with Gasteiger partial charge in [0.15, 0.2) is 0 Å². The fourth-order valence-electron chi connectivity index (χ4n) is 1.90. The van der Waals surface area contributed by atoms with Gasteiger partial charge in [-0.2, -0.15) is 0 Å². The van der Waals surface area contributed by atoms with Gasteiger partial charge in [-0.3, -0.25) is 0 Å². The van der Waals surface area contributed by atoms with E-state index in [-0.39, 0.29) is 5.41 Å². The predicted octanol–water partition coefficient (Wildman–Crippen LogP) is 3.90. The molecule has 0 aromatic carbocycles. The lowest BCUT2D eigenvalue weighted by atomic mass is 9.95. The summed E-state index contributed by atoms with van der Waals surface area (Å²) in [7, 11) is 1.68. The van der Waals surface area contributed by atoms with Crippen molar-refractivity contribution >= 4 is 17.2 Å². The number of anilines is 1. The fraction of sp³-hybridized carbons (Fsp3) is 0.500. The zero-order chi connectivity index (χ0) is 15.5. The van der Waals surface area contributed by atoms with E-state index >= 15 is 0 Å². The first-order chi connectivity index (χ1) is 9.90. The molecule has 2 heterocycles. The molecule has 0 aliphatic heterocycles. The van der Waals surface area contributed by atoms with Gasteiger partial charge < -0.3 is 10.1 Å². The largest absolute Gasteiger partial charge is 0.378 e. The van der Waals surface area contributed by atoms with Crippen molar-refractivity contribution in [2.24, 2.45) is 0 Å².